The topological polar surface area (TPSA) is 24.9 Å². The molecule has 4 nitrogen and oxygen atoms in total. The van der Waals surface area contributed by atoms with Crippen LogP contribution in [0.15, 0.2) is 176 Å². The molecule has 0 atom stereocenters. The van der Waals surface area contributed by atoms with Crippen LogP contribution in [0.25, 0.3) is 0 Å². The minimum atomic E-state index is -2.82. The number of hydrogen-bond donors (Lipinski definition) is 0. The van der Waals surface area contributed by atoms with Crippen molar-refractivity contribution in [3.8, 4) is 23.0 Å². The van der Waals surface area contributed by atoms with Crippen LogP contribution in [-0.2, 0) is 0 Å². The Hall–Kier alpha value is -6.76. The third kappa shape index (κ3) is 4.19. The molecule has 0 amide bonds. The van der Waals surface area contributed by atoms with Gasteiger partial charge in [0.05, 0.1) is 5.69 Å². The van der Waals surface area contributed by atoms with Crippen molar-refractivity contribution in [1.82, 2.24) is 0 Å². The van der Waals surface area contributed by atoms with Gasteiger partial charge in [0.1, 0.15) is 23.0 Å². The zero-order valence-electron chi connectivity index (χ0n) is 31.0. The fourth-order valence-electron chi connectivity index (χ4n) is 10.0. The van der Waals surface area contributed by atoms with Gasteiger partial charge in [-0.25, -0.2) is 0 Å². The maximum atomic E-state index is 7.03. The molecule has 0 unspecified atom stereocenters. The summed E-state index contributed by atoms with van der Waals surface area (Å²) in [7, 11) is -2.82. The summed E-state index contributed by atoms with van der Waals surface area (Å²) in [5, 5.41) is 5.52. The second-order valence-corrected chi connectivity index (χ2v) is 19.1. The van der Waals surface area contributed by atoms with Gasteiger partial charge >= 0.3 is 0 Å². The number of nitrogens with zero attached hydrogens (tertiary/aromatic N) is 2. The maximum Gasteiger partial charge on any atom is 0.266 e. The summed E-state index contributed by atoms with van der Waals surface area (Å²) in [6.07, 6.45) is 0. The largest absolute Gasteiger partial charge is 0.458 e. The third-order valence-corrected chi connectivity index (χ3v) is 17.1. The first-order chi connectivity index (χ1) is 27.6. The maximum absolute atomic E-state index is 7.03. The van der Waals surface area contributed by atoms with Crippen molar-refractivity contribution < 1.29 is 9.47 Å². The average molecular weight is 735 g/mol. The average Bonchev–Trinajstić information content (AvgIpc) is 3.24. The molecule has 264 valence electrons. The minimum absolute atomic E-state index is 0.0173. The van der Waals surface area contributed by atoms with Crippen LogP contribution >= 0.6 is 0 Å². The zero-order valence-corrected chi connectivity index (χ0v) is 32.0. The van der Waals surface area contributed by atoms with E-state index in [1.54, 1.807) is 0 Å². The Kier molecular flexibility index (Phi) is 6.55. The zero-order chi connectivity index (χ0) is 37.1. The Bertz CT molecular complexity index is 2820. The Balaban J connectivity index is 1.18. The van der Waals surface area contributed by atoms with Gasteiger partial charge < -0.3 is 19.3 Å². The molecular formula is C50H35BN2O2Si. The summed E-state index contributed by atoms with van der Waals surface area (Å²) in [4.78, 5) is 4.91. The van der Waals surface area contributed by atoms with Crippen LogP contribution in [0.3, 0.4) is 0 Å². The van der Waals surface area contributed by atoms with Crippen molar-refractivity contribution in [1.29, 1.82) is 0 Å². The van der Waals surface area contributed by atoms with Crippen molar-refractivity contribution in [2.45, 2.75) is 13.8 Å². The molecule has 0 fully saturated rings. The smallest absolute Gasteiger partial charge is 0.266 e. The van der Waals surface area contributed by atoms with Crippen molar-refractivity contribution in [2.24, 2.45) is 0 Å². The van der Waals surface area contributed by atoms with E-state index in [2.05, 4.69) is 194 Å². The normalized spacial score (nSPS) is 14.6. The fraction of sp³-hybridized carbons (Fsp3) is 0.0400. The van der Waals surface area contributed by atoms with E-state index in [1.165, 1.54) is 54.2 Å². The van der Waals surface area contributed by atoms with Gasteiger partial charge in [-0.1, -0.05) is 126 Å². The van der Waals surface area contributed by atoms with Crippen LogP contribution in [0.4, 0.5) is 34.1 Å². The molecule has 0 N–H and O–H groups in total. The summed E-state index contributed by atoms with van der Waals surface area (Å²) in [6.45, 7) is 4.44. The van der Waals surface area contributed by atoms with E-state index in [0.717, 1.165) is 51.2 Å². The second-order valence-electron chi connectivity index (χ2n) is 15.4. The molecule has 0 saturated heterocycles. The highest BCUT2D eigenvalue weighted by molar-refractivity contribution is 7.21. The lowest BCUT2D eigenvalue weighted by Crippen LogP contribution is -2.77. The van der Waals surface area contributed by atoms with Gasteiger partial charge in [-0.05, 0) is 100 Å². The first kappa shape index (κ1) is 31.6. The van der Waals surface area contributed by atoms with E-state index in [4.69, 9.17) is 9.47 Å². The Morgan fingerprint density at radius 1 is 0.393 bits per heavy atom. The van der Waals surface area contributed by atoms with Crippen LogP contribution in [0.2, 0.25) is 0 Å². The lowest BCUT2D eigenvalue weighted by molar-refractivity contribution is 0.464. The van der Waals surface area contributed by atoms with Crippen molar-refractivity contribution in [2.75, 3.05) is 9.80 Å². The molecule has 0 bridgehead atoms. The fourth-order valence-corrected chi connectivity index (χ4v) is 15.3. The minimum Gasteiger partial charge on any atom is -0.458 e. The third-order valence-electron chi connectivity index (χ3n) is 12.2. The Labute approximate surface area is 327 Å². The molecule has 4 aliphatic rings. The van der Waals surface area contributed by atoms with E-state index < -0.39 is 8.07 Å². The number of rotatable bonds is 4. The number of fused-ring (bicyclic) bond motifs is 2. The van der Waals surface area contributed by atoms with E-state index in [9.17, 15) is 0 Å². The molecule has 4 heterocycles. The Morgan fingerprint density at radius 2 is 0.893 bits per heavy atom. The van der Waals surface area contributed by atoms with E-state index >= 15 is 0 Å². The number of aryl methyl sites for hydroxylation is 2. The van der Waals surface area contributed by atoms with Crippen molar-refractivity contribution in [3.63, 3.8) is 0 Å². The van der Waals surface area contributed by atoms with Gasteiger partial charge in [0, 0.05) is 40.0 Å². The van der Waals surface area contributed by atoms with E-state index in [1.807, 2.05) is 6.07 Å². The molecular weight excluding hydrogens is 699 g/mol. The highest BCUT2D eigenvalue weighted by Gasteiger charge is 2.51. The van der Waals surface area contributed by atoms with Crippen molar-refractivity contribution in [3.05, 3.63) is 187 Å². The molecule has 0 radical (unpaired) electrons. The molecule has 56 heavy (non-hydrogen) atoms. The van der Waals surface area contributed by atoms with Gasteiger partial charge in [-0.3, -0.25) is 0 Å². The highest BCUT2D eigenvalue weighted by atomic mass is 28.3. The molecule has 8 aromatic carbocycles. The molecule has 0 saturated carbocycles. The van der Waals surface area contributed by atoms with Gasteiger partial charge in [-0.2, -0.15) is 0 Å². The summed E-state index contributed by atoms with van der Waals surface area (Å²) in [5.74, 6) is 3.48. The lowest BCUT2D eigenvalue weighted by atomic mass is 9.33. The standard InChI is InChI=1S/C50H35BN2O2Si/c1-32-24-26-38-46(28-32)56(36-16-8-4-9-17-36,37-18-10-5-11-19-37)47-29-33(2)25-27-39(47)53(38)35-30-41-49-45(31-35)55-44-23-13-22-43-50(44)51(49)48-40(20-12-21-42(48)54-43)52(41)34-14-6-3-7-15-34/h3-31H,1-2H3. The van der Waals surface area contributed by atoms with E-state index in [-0.39, 0.29) is 6.71 Å². The van der Waals surface area contributed by atoms with Crippen LogP contribution in [-0.4, -0.2) is 14.8 Å². The van der Waals surface area contributed by atoms with Crippen LogP contribution < -0.4 is 56.4 Å². The predicted octanol–water partition coefficient (Wildman–Crippen LogP) is 7.97. The Morgan fingerprint density at radius 3 is 1.50 bits per heavy atom. The first-order valence-corrected chi connectivity index (χ1v) is 21.4. The summed E-state index contributed by atoms with van der Waals surface area (Å²) in [5.41, 5.74) is 12.8. The summed E-state index contributed by atoms with van der Waals surface area (Å²) < 4.78 is 13.7. The van der Waals surface area contributed by atoms with E-state index in [0.29, 0.717) is 0 Å². The number of hydrogen-bond acceptors (Lipinski definition) is 4. The summed E-state index contributed by atoms with van der Waals surface area (Å²) in [6, 6.07) is 64.7. The predicted molar refractivity (Wildman–Crippen MR) is 234 cm³/mol. The van der Waals surface area contributed by atoms with Crippen LogP contribution in [0.5, 0.6) is 23.0 Å². The second kappa shape index (κ2) is 11.6. The van der Waals surface area contributed by atoms with Gasteiger partial charge in [0.15, 0.2) is 8.07 Å². The summed E-state index contributed by atoms with van der Waals surface area (Å²) >= 11 is 0. The SMILES string of the molecule is Cc1ccc2c(c1)[Si](c1ccccc1)(c1ccccc1)c1cc(C)ccc1N2c1cc2c3c(c1)N(c1ccccc1)c1cccc4c1B3c1c(cccc1O2)O4. The van der Waals surface area contributed by atoms with Crippen molar-refractivity contribution >= 4 is 86.0 Å². The molecule has 4 aliphatic heterocycles. The van der Waals surface area contributed by atoms with Gasteiger partial charge in [-0.15, -0.1) is 0 Å². The lowest BCUT2D eigenvalue weighted by Gasteiger charge is -2.46. The van der Waals surface area contributed by atoms with Gasteiger partial charge in [0.2, 0.25) is 0 Å². The molecule has 0 aliphatic carbocycles. The number of para-hydroxylation sites is 1. The molecule has 8 aromatic rings. The molecule has 12 rings (SSSR count). The monoisotopic (exact) mass is 734 g/mol. The molecule has 6 heteroatoms. The van der Waals surface area contributed by atoms with Crippen LogP contribution in [0, 0.1) is 13.8 Å². The number of anilines is 6. The molecule has 0 spiro atoms. The quantitative estimate of drug-likeness (QED) is 0.171. The molecule has 0 aromatic heterocycles. The number of benzene rings is 8. The first-order valence-electron chi connectivity index (χ1n) is 19.4. The van der Waals surface area contributed by atoms with Gasteiger partial charge in [0.25, 0.3) is 6.71 Å². The highest BCUT2D eigenvalue weighted by Crippen LogP contribution is 2.49. The van der Waals surface area contributed by atoms with Crippen LogP contribution in [0.1, 0.15) is 11.1 Å². The number of ether oxygens (including phenoxy) is 2.